The number of carbonyl (C=O) groups excluding carboxylic acids is 1. The van der Waals surface area contributed by atoms with Crippen LogP contribution in [-0.4, -0.2) is 42.5 Å². The summed E-state index contributed by atoms with van der Waals surface area (Å²) in [5.41, 5.74) is 6.49. The van der Waals surface area contributed by atoms with Crippen LogP contribution in [0.3, 0.4) is 0 Å². The van der Waals surface area contributed by atoms with E-state index in [1.54, 1.807) is 13.8 Å². The number of hydrogen-bond acceptors (Lipinski definition) is 6. The number of nitrogens with two attached hydrogens (primary N) is 1. The van der Waals surface area contributed by atoms with Crippen LogP contribution in [0, 0.1) is 5.92 Å². The van der Waals surface area contributed by atoms with Gasteiger partial charge in [-0.05, 0) is 5.92 Å². The number of rotatable bonds is 5. The van der Waals surface area contributed by atoms with E-state index < -0.39 is 17.9 Å². The molecule has 2 aromatic rings. The maximum Gasteiger partial charge on any atom is 0.326 e. The number of nitrogens with one attached hydrogen (secondary N) is 1. The third kappa shape index (κ3) is 3.07. The van der Waals surface area contributed by atoms with E-state index in [0.717, 1.165) is 0 Å². The predicted octanol–water partition coefficient (Wildman–Crippen LogP) is -0.366. The summed E-state index contributed by atoms with van der Waals surface area (Å²) in [5, 5.41) is 11.5. The number of amides is 1. The van der Waals surface area contributed by atoms with Gasteiger partial charge in [0.2, 0.25) is 5.91 Å². The smallest absolute Gasteiger partial charge is 0.326 e. The Labute approximate surface area is 120 Å². The van der Waals surface area contributed by atoms with Gasteiger partial charge in [-0.25, -0.2) is 19.7 Å². The Bertz CT molecular complexity index is 681. The molecule has 9 nitrogen and oxygen atoms in total. The fourth-order valence-electron chi connectivity index (χ4n) is 1.90. The molecule has 0 saturated heterocycles. The normalized spacial score (nSPS) is 12.5. The second kappa shape index (κ2) is 5.73. The molecule has 21 heavy (non-hydrogen) atoms. The molecule has 0 spiro atoms. The Kier molecular flexibility index (Phi) is 4.01. The third-order valence-corrected chi connectivity index (χ3v) is 2.99. The average Bonchev–Trinajstić information content (AvgIpc) is 2.80. The molecule has 0 aromatic carbocycles. The van der Waals surface area contributed by atoms with E-state index in [4.69, 9.17) is 10.8 Å². The lowest BCUT2D eigenvalue weighted by molar-refractivity contribution is -0.143. The molecule has 0 fully saturated rings. The Morgan fingerprint density at radius 2 is 2.10 bits per heavy atom. The van der Waals surface area contributed by atoms with Crippen molar-refractivity contribution in [1.29, 1.82) is 0 Å². The van der Waals surface area contributed by atoms with Crippen molar-refractivity contribution in [1.82, 2.24) is 24.8 Å². The highest BCUT2D eigenvalue weighted by Gasteiger charge is 2.23. The average molecular weight is 292 g/mol. The topological polar surface area (TPSA) is 136 Å². The molecule has 0 bridgehead atoms. The first kappa shape index (κ1) is 14.7. The van der Waals surface area contributed by atoms with Crippen molar-refractivity contribution in [3.8, 4) is 0 Å². The van der Waals surface area contributed by atoms with E-state index in [-0.39, 0.29) is 18.3 Å². The zero-order valence-corrected chi connectivity index (χ0v) is 11.6. The van der Waals surface area contributed by atoms with E-state index in [9.17, 15) is 9.59 Å². The number of nitrogens with zero attached hydrogens (tertiary/aromatic N) is 4. The van der Waals surface area contributed by atoms with Crippen LogP contribution in [0.5, 0.6) is 0 Å². The van der Waals surface area contributed by atoms with Gasteiger partial charge in [0.25, 0.3) is 0 Å². The Hall–Kier alpha value is -2.71. The minimum atomic E-state index is -1.07. The molecule has 0 aliphatic rings. The summed E-state index contributed by atoms with van der Waals surface area (Å²) in [6.07, 6.45) is 2.70. The maximum atomic E-state index is 12.0. The monoisotopic (exact) mass is 292 g/mol. The molecule has 0 aliphatic heterocycles. The lowest BCUT2D eigenvalue weighted by atomic mass is 10.1. The first-order valence-corrected chi connectivity index (χ1v) is 6.33. The van der Waals surface area contributed by atoms with Crippen LogP contribution in [0.15, 0.2) is 12.7 Å². The van der Waals surface area contributed by atoms with E-state index >= 15 is 0 Å². The van der Waals surface area contributed by atoms with Gasteiger partial charge in [0.15, 0.2) is 11.5 Å². The molecular formula is C12H16N6O3. The summed E-state index contributed by atoms with van der Waals surface area (Å²) in [7, 11) is 0. The number of carboxylic acids is 1. The molecule has 2 rings (SSSR count). The Morgan fingerprint density at radius 1 is 1.38 bits per heavy atom. The lowest BCUT2D eigenvalue weighted by Gasteiger charge is -2.17. The van der Waals surface area contributed by atoms with E-state index in [0.29, 0.717) is 11.2 Å². The van der Waals surface area contributed by atoms with Crippen LogP contribution < -0.4 is 11.1 Å². The SMILES string of the molecule is CC(C)[C@@H](NC(=O)Cn1cnc2c(N)ncnc21)C(=O)O. The first-order chi connectivity index (χ1) is 9.90. The van der Waals surface area contributed by atoms with Gasteiger partial charge in [0, 0.05) is 0 Å². The molecule has 112 valence electrons. The van der Waals surface area contributed by atoms with E-state index in [1.807, 2.05) is 0 Å². The number of imidazole rings is 1. The van der Waals surface area contributed by atoms with Crippen LogP contribution in [0.2, 0.25) is 0 Å². The second-order valence-corrected chi connectivity index (χ2v) is 4.93. The third-order valence-electron chi connectivity index (χ3n) is 2.99. The van der Waals surface area contributed by atoms with Crippen LogP contribution in [0.1, 0.15) is 13.8 Å². The van der Waals surface area contributed by atoms with Gasteiger partial charge >= 0.3 is 5.97 Å². The zero-order chi connectivity index (χ0) is 15.6. The highest BCUT2D eigenvalue weighted by atomic mass is 16.4. The van der Waals surface area contributed by atoms with Crippen molar-refractivity contribution in [2.75, 3.05) is 5.73 Å². The van der Waals surface area contributed by atoms with Crippen molar-refractivity contribution in [2.24, 2.45) is 5.92 Å². The summed E-state index contributed by atoms with van der Waals surface area (Å²) in [5.74, 6) is -1.50. The molecule has 0 radical (unpaired) electrons. The largest absolute Gasteiger partial charge is 0.480 e. The van der Waals surface area contributed by atoms with Crippen molar-refractivity contribution >= 4 is 28.9 Å². The van der Waals surface area contributed by atoms with Crippen molar-refractivity contribution in [3.63, 3.8) is 0 Å². The van der Waals surface area contributed by atoms with Gasteiger partial charge < -0.3 is 20.7 Å². The van der Waals surface area contributed by atoms with Gasteiger partial charge in [-0.2, -0.15) is 0 Å². The highest BCUT2D eigenvalue weighted by Crippen LogP contribution is 2.13. The lowest BCUT2D eigenvalue weighted by Crippen LogP contribution is -2.45. The Balaban J connectivity index is 2.15. The molecule has 1 amide bonds. The molecule has 4 N–H and O–H groups in total. The van der Waals surface area contributed by atoms with Gasteiger partial charge in [-0.15, -0.1) is 0 Å². The van der Waals surface area contributed by atoms with Gasteiger partial charge in [0.1, 0.15) is 24.4 Å². The fourth-order valence-corrected chi connectivity index (χ4v) is 1.90. The zero-order valence-electron chi connectivity index (χ0n) is 11.6. The highest BCUT2D eigenvalue weighted by molar-refractivity contribution is 5.86. The number of carboxylic acid groups (broad SMARTS) is 1. The summed E-state index contributed by atoms with van der Waals surface area (Å²) in [6.45, 7) is 3.35. The molecular weight excluding hydrogens is 276 g/mol. The van der Waals surface area contributed by atoms with Crippen molar-refractivity contribution in [2.45, 2.75) is 26.4 Å². The summed E-state index contributed by atoms with van der Waals surface area (Å²) >= 11 is 0. The molecule has 9 heteroatoms. The van der Waals surface area contributed by atoms with E-state index in [1.165, 1.54) is 17.2 Å². The van der Waals surface area contributed by atoms with Gasteiger partial charge in [-0.1, -0.05) is 13.8 Å². The molecule has 1 atom stereocenters. The summed E-state index contributed by atoms with van der Waals surface area (Å²) in [4.78, 5) is 34.9. The van der Waals surface area contributed by atoms with Crippen LogP contribution >= 0.6 is 0 Å². The number of hydrogen-bond donors (Lipinski definition) is 3. The van der Waals surface area contributed by atoms with Gasteiger partial charge in [0.05, 0.1) is 6.33 Å². The first-order valence-electron chi connectivity index (χ1n) is 6.33. The van der Waals surface area contributed by atoms with E-state index in [2.05, 4.69) is 20.3 Å². The number of anilines is 1. The van der Waals surface area contributed by atoms with Crippen LogP contribution in [-0.2, 0) is 16.1 Å². The maximum absolute atomic E-state index is 12.0. The molecule has 2 aromatic heterocycles. The van der Waals surface area contributed by atoms with Crippen molar-refractivity contribution < 1.29 is 14.7 Å². The minimum absolute atomic E-state index is 0.0938. The summed E-state index contributed by atoms with van der Waals surface area (Å²) < 4.78 is 1.49. The Morgan fingerprint density at radius 3 is 2.71 bits per heavy atom. The van der Waals surface area contributed by atoms with Crippen LogP contribution in [0.4, 0.5) is 5.82 Å². The quantitative estimate of drug-likeness (QED) is 0.684. The number of aromatic nitrogens is 4. The molecule has 0 saturated carbocycles. The van der Waals surface area contributed by atoms with Crippen molar-refractivity contribution in [3.05, 3.63) is 12.7 Å². The summed E-state index contributed by atoms with van der Waals surface area (Å²) in [6, 6.07) is -0.938. The van der Waals surface area contributed by atoms with Crippen LogP contribution in [0.25, 0.3) is 11.2 Å². The second-order valence-electron chi connectivity index (χ2n) is 4.93. The number of carbonyl (C=O) groups is 2. The van der Waals surface area contributed by atoms with Gasteiger partial charge in [-0.3, -0.25) is 4.79 Å². The number of fused-ring (bicyclic) bond motifs is 1. The number of nitrogen functional groups attached to an aromatic ring is 1. The molecule has 2 heterocycles. The fraction of sp³-hybridized carbons (Fsp3) is 0.417. The predicted molar refractivity (Wildman–Crippen MR) is 74.1 cm³/mol. The molecule has 0 aliphatic carbocycles. The minimum Gasteiger partial charge on any atom is -0.480 e. The molecule has 0 unspecified atom stereocenters. The standard InChI is InChI=1S/C12H16N6O3/c1-6(2)8(12(20)21)17-7(19)3-18-5-16-9-10(13)14-4-15-11(9)18/h4-6,8H,3H2,1-2H3,(H,17,19)(H,20,21)(H2,13,14,15)/t8-/m1/s1. The number of aliphatic carboxylic acids is 1.